The van der Waals surface area contributed by atoms with Crippen LogP contribution in [0.2, 0.25) is 0 Å². The molecule has 0 aliphatic rings. The predicted molar refractivity (Wildman–Crippen MR) is 83.3 cm³/mol. The summed E-state index contributed by atoms with van der Waals surface area (Å²) in [5.41, 5.74) is 5.60. The Morgan fingerprint density at radius 3 is 2.65 bits per heavy atom. The summed E-state index contributed by atoms with van der Waals surface area (Å²) in [5.74, 6) is 0.105. The van der Waals surface area contributed by atoms with Crippen LogP contribution in [0.25, 0.3) is 0 Å². The largest absolute Gasteiger partial charge is 0.383 e. The summed E-state index contributed by atoms with van der Waals surface area (Å²) in [6.45, 7) is 7.34. The molecule has 7 heteroatoms. The molecular weight excluding hydrogens is 276 g/mol. The highest BCUT2D eigenvalue weighted by molar-refractivity contribution is 7.18. The average Bonchev–Trinajstić information content (AvgIpc) is 2.80. The molecule has 1 amide bonds. The zero-order valence-corrected chi connectivity index (χ0v) is 13.4. The van der Waals surface area contributed by atoms with Crippen molar-refractivity contribution in [3.8, 4) is 0 Å². The lowest BCUT2D eigenvalue weighted by molar-refractivity contribution is 0.0906. The molecule has 0 aliphatic heterocycles. The van der Waals surface area contributed by atoms with Gasteiger partial charge in [-0.2, -0.15) is 0 Å². The topological polar surface area (TPSA) is 89.3 Å². The summed E-state index contributed by atoms with van der Waals surface area (Å²) >= 11 is 1.26. The number of carbonyl (C=O) groups is 1. The molecule has 0 saturated carbocycles. The zero-order chi connectivity index (χ0) is 15.2. The number of carbonyl (C=O) groups excluding carboxylic acids is 1. The van der Waals surface area contributed by atoms with E-state index in [0.717, 1.165) is 12.8 Å². The van der Waals surface area contributed by atoms with E-state index in [0.29, 0.717) is 23.2 Å². The van der Waals surface area contributed by atoms with Crippen molar-refractivity contribution in [2.24, 2.45) is 0 Å². The normalized spacial score (nSPS) is 11.4. The highest BCUT2D eigenvalue weighted by Crippen LogP contribution is 2.26. The van der Waals surface area contributed by atoms with Crippen molar-refractivity contribution < 1.29 is 9.53 Å². The van der Waals surface area contributed by atoms with Crippen molar-refractivity contribution in [1.82, 2.24) is 10.3 Å². The van der Waals surface area contributed by atoms with Crippen LogP contribution in [0.3, 0.4) is 0 Å². The third-order valence-electron chi connectivity index (χ3n) is 3.42. The SMILES string of the molecule is CCC(C)(CC)NC(=O)c1sc(NCCOC)nc1N. The van der Waals surface area contributed by atoms with Crippen molar-refractivity contribution in [2.45, 2.75) is 39.2 Å². The van der Waals surface area contributed by atoms with Gasteiger partial charge in [0.05, 0.1) is 6.61 Å². The second kappa shape index (κ2) is 7.44. The lowest BCUT2D eigenvalue weighted by Crippen LogP contribution is -2.44. The number of methoxy groups -OCH3 is 1. The van der Waals surface area contributed by atoms with Gasteiger partial charge >= 0.3 is 0 Å². The van der Waals surface area contributed by atoms with Crippen molar-refractivity contribution in [2.75, 3.05) is 31.3 Å². The van der Waals surface area contributed by atoms with Gasteiger partial charge in [0.2, 0.25) is 0 Å². The van der Waals surface area contributed by atoms with E-state index in [1.807, 2.05) is 6.92 Å². The molecule has 20 heavy (non-hydrogen) atoms. The molecule has 0 spiro atoms. The fourth-order valence-electron chi connectivity index (χ4n) is 1.59. The van der Waals surface area contributed by atoms with E-state index < -0.39 is 0 Å². The van der Waals surface area contributed by atoms with Crippen LogP contribution in [-0.2, 0) is 4.74 Å². The summed E-state index contributed by atoms with van der Waals surface area (Å²) in [5, 5.41) is 6.74. The van der Waals surface area contributed by atoms with Gasteiger partial charge in [0.15, 0.2) is 5.13 Å². The van der Waals surface area contributed by atoms with E-state index in [1.54, 1.807) is 7.11 Å². The van der Waals surface area contributed by atoms with Gasteiger partial charge in [0.25, 0.3) is 5.91 Å². The maximum Gasteiger partial charge on any atom is 0.265 e. The van der Waals surface area contributed by atoms with Crippen LogP contribution >= 0.6 is 11.3 Å². The number of hydrogen-bond acceptors (Lipinski definition) is 6. The molecule has 0 bridgehead atoms. The number of rotatable bonds is 8. The maximum atomic E-state index is 12.3. The lowest BCUT2D eigenvalue weighted by Gasteiger charge is -2.27. The number of amides is 1. The van der Waals surface area contributed by atoms with E-state index >= 15 is 0 Å². The molecule has 0 aromatic carbocycles. The van der Waals surface area contributed by atoms with Crippen molar-refractivity contribution in [3.63, 3.8) is 0 Å². The van der Waals surface area contributed by atoms with Crippen molar-refractivity contribution >= 4 is 28.2 Å². The van der Waals surface area contributed by atoms with Gasteiger partial charge in [0, 0.05) is 19.2 Å². The zero-order valence-electron chi connectivity index (χ0n) is 12.6. The molecule has 0 radical (unpaired) electrons. The van der Waals surface area contributed by atoms with Crippen LogP contribution in [-0.4, -0.2) is 36.7 Å². The third-order valence-corrected chi connectivity index (χ3v) is 4.45. The minimum atomic E-state index is -0.211. The molecule has 0 atom stereocenters. The Labute approximate surface area is 124 Å². The minimum absolute atomic E-state index is 0.161. The van der Waals surface area contributed by atoms with E-state index in [-0.39, 0.29) is 17.3 Å². The molecule has 1 rings (SSSR count). The molecule has 0 saturated heterocycles. The number of hydrogen-bond donors (Lipinski definition) is 3. The van der Waals surface area contributed by atoms with Gasteiger partial charge in [-0.25, -0.2) is 4.98 Å². The molecule has 0 fully saturated rings. The second-order valence-electron chi connectivity index (χ2n) is 4.87. The summed E-state index contributed by atoms with van der Waals surface area (Å²) in [6.07, 6.45) is 1.74. The smallest absolute Gasteiger partial charge is 0.265 e. The molecule has 114 valence electrons. The van der Waals surface area contributed by atoms with Gasteiger partial charge < -0.3 is 21.1 Å². The van der Waals surface area contributed by atoms with Gasteiger partial charge in [-0.3, -0.25) is 4.79 Å². The van der Waals surface area contributed by atoms with Crippen LogP contribution in [0, 0.1) is 0 Å². The molecule has 0 unspecified atom stereocenters. The monoisotopic (exact) mass is 300 g/mol. The van der Waals surface area contributed by atoms with Crippen LogP contribution in [0.4, 0.5) is 10.9 Å². The van der Waals surface area contributed by atoms with Gasteiger partial charge in [-0.15, -0.1) is 0 Å². The molecular formula is C13H24N4O2S. The number of nitrogens with zero attached hydrogens (tertiary/aromatic N) is 1. The van der Waals surface area contributed by atoms with Gasteiger partial charge in [-0.05, 0) is 19.8 Å². The fourth-order valence-corrected chi connectivity index (χ4v) is 2.39. The van der Waals surface area contributed by atoms with Crippen LogP contribution in [0.5, 0.6) is 0 Å². The Bertz CT molecular complexity index is 444. The highest BCUT2D eigenvalue weighted by atomic mass is 32.1. The molecule has 6 nitrogen and oxygen atoms in total. The maximum absolute atomic E-state index is 12.3. The highest BCUT2D eigenvalue weighted by Gasteiger charge is 2.25. The standard InChI is InChI=1S/C13H24N4O2S/c1-5-13(3,6-2)17-11(18)9-10(14)16-12(20-9)15-7-8-19-4/h5-8,14H2,1-4H3,(H,15,16)(H,17,18). The fraction of sp³-hybridized carbons (Fsp3) is 0.692. The number of thiazole rings is 1. The Hall–Kier alpha value is -1.34. The Morgan fingerprint density at radius 2 is 2.10 bits per heavy atom. The molecule has 4 N–H and O–H groups in total. The van der Waals surface area contributed by atoms with Crippen molar-refractivity contribution in [3.05, 3.63) is 4.88 Å². The number of aromatic nitrogens is 1. The first-order chi connectivity index (χ1) is 9.45. The number of nitrogens with two attached hydrogens (primary N) is 1. The van der Waals surface area contributed by atoms with Crippen LogP contribution in [0.1, 0.15) is 43.3 Å². The third kappa shape index (κ3) is 4.35. The summed E-state index contributed by atoms with van der Waals surface area (Å²) in [6, 6.07) is 0. The minimum Gasteiger partial charge on any atom is -0.383 e. The Morgan fingerprint density at radius 1 is 1.45 bits per heavy atom. The first-order valence-corrected chi connectivity index (χ1v) is 7.59. The molecule has 1 aromatic heterocycles. The van der Waals surface area contributed by atoms with Gasteiger partial charge in [-0.1, -0.05) is 25.2 Å². The van der Waals surface area contributed by atoms with E-state index in [9.17, 15) is 4.79 Å². The Kier molecular flexibility index (Phi) is 6.22. The molecule has 1 heterocycles. The number of nitrogens with one attached hydrogen (secondary N) is 2. The van der Waals surface area contributed by atoms with E-state index in [2.05, 4.69) is 29.5 Å². The molecule has 0 aliphatic carbocycles. The lowest BCUT2D eigenvalue weighted by atomic mass is 9.95. The number of anilines is 2. The van der Waals surface area contributed by atoms with Crippen LogP contribution in [0.15, 0.2) is 0 Å². The average molecular weight is 300 g/mol. The van der Waals surface area contributed by atoms with Crippen molar-refractivity contribution in [1.29, 1.82) is 0 Å². The first-order valence-electron chi connectivity index (χ1n) is 6.77. The van der Waals surface area contributed by atoms with E-state index in [4.69, 9.17) is 10.5 Å². The summed E-state index contributed by atoms with van der Waals surface area (Å²) < 4.78 is 4.95. The summed E-state index contributed by atoms with van der Waals surface area (Å²) in [7, 11) is 1.63. The Balaban J connectivity index is 2.73. The first kappa shape index (κ1) is 16.7. The number of ether oxygens (including phenoxy) is 1. The predicted octanol–water partition coefficient (Wildman–Crippen LogP) is 2.09. The molecule has 1 aromatic rings. The summed E-state index contributed by atoms with van der Waals surface area (Å²) in [4.78, 5) is 16.9. The van der Waals surface area contributed by atoms with Gasteiger partial charge in [0.1, 0.15) is 10.7 Å². The quantitative estimate of drug-likeness (QED) is 0.640. The number of nitrogen functional groups attached to an aromatic ring is 1. The van der Waals surface area contributed by atoms with Crippen LogP contribution < -0.4 is 16.4 Å². The second-order valence-corrected chi connectivity index (χ2v) is 5.87. The van der Waals surface area contributed by atoms with E-state index in [1.165, 1.54) is 11.3 Å².